The number of hydrogen-bond acceptors (Lipinski definition) is 5. The van der Waals surface area contributed by atoms with Gasteiger partial charge in [0.2, 0.25) is 0 Å². The van der Waals surface area contributed by atoms with E-state index < -0.39 is 5.60 Å². The van der Waals surface area contributed by atoms with E-state index in [4.69, 9.17) is 14.2 Å². The lowest BCUT2D eigenvalue weighted by molar-refractivity contribution is -0.137. The van der Waals surface area contributed by atoms with Crippen molar-refractivity contribution in [3.8, 4) is 0 Å². The van der Waals surface area contributed by atoms with Gasteiger partial charge in [0.15, 0.2) is 0 Å². The molecule has 0 aromatic heterocycles. The number of rotatable bonds is 6. The Morgan fingerprint density at radius 2 is 1.92 bits per heavy atom. The summed E-state index contributed by atoms with van der Waals surface area (Å²) < 4.78 is 16.0. The Bertz CT molecular complexity index is 480. The third kappa shape index (κ3) is 5.82. The fourth-order valence-corrected chi connectivity index (χ4v) is 2.77. The fourth-order valence-electron chi connectivity index (χ4n) is 2.77. The van der Waals surface area contributed by atoms with Crippen LogP contribution in [0.4, 0.5) is 4.79 Å². The summed E-state index contributed by atoms with van der Waals surface area (Å²) in [5.41, 5.74) is 0.709. The lowest BCUT2D eigenvalue weighted by Gasteiger charge is -2.39. The predicted octanol–water partition coefficient (Wildman–Crippen LogP) is 2.91. The first-order chi connectivity index (χ1) is 11.3. The molecule has 136 valence electrons. The first kappa shape index (κ1) is 18.8. The molecule has 0 aromatic rings. The average molecular weight is 339 g/mol. The molecule has 0 bridgehead atoms. The standard InChI is InChI=1S/C18H29NO5/c1-5-22-16(20)10-14-8-13(9-14)6-7-23-15-11-19(12-15)17(21)24-18(2,3)4/h10,13,15H,5-9,11-12H2,1-4H3. The first-order valence-electron chi connectivity index (χ1n) is 8.72. The number of carbonyl (C=O) groups excluding carboxylic acids is 2. The van der Waals surface area contributed by atoms with Crippen LogP contribution in [0.2, 0.25) is 0 Å². The molecule has 2 rings (SSSR count). The Kier molecular flexibility index (Phi) is 6.27. The van der Waals surface area contributed by atoms with Gasteiger partial charge in [0.1, 0.15) is 5.60 Å². The summed E-state index contributed by atoms with van der Waals surface area (Å²) in [6, 6.07) is 0. The highest BCUT2D eigenvalue weighted by Gasteiger charge is 2.34. The minimum absolute atomic E-state index is 0.118. The van der Waals surface area contributed by atoms with Crippen molar-refractivity contribution in [1.29, 1.82) is 0 Å². The van der Waals surface area contributed by atoms with Crippen molar-refractivity contribution in [2.45, 2.75) is 58.7 Å². The van der Waals surface area contributed by atoms with Crippen LogP contribution in [0, 0.1) is 5.92 Å². The molecule has 1 aliphatic heterocycles. The number of hydrogen-bond donors (Lipinski definition) is 0. The van der Waals surface area contributed by atoms with Crippen LogP contribution in [0.5, 0.6) is 0 Å². The van der Waals surface area contributed by atoms with Gasteiger partial charge in [-0.05, 0) is 52.9 Å². The monoisotopic (exact) mass is 339 g/mol. The molecular formula is C18H29NO5. The van der Waals surface area contributed by atoms with E-state index >= 15 is 0 Å². The molecule has 6 heteroatoms. The smallest absolute Gasteiger partial charge is 0.410 e. The van der Waals surface area contributed by atoms with Crippen LogP contribution in [0.3, 0.4) is 0 Å². The zero-order chi connectivity index (χ0) is 17.7. The zero-order valence-corrected chi connectivity index (χ0v) is 15.2. The number of likely N-dealkylation sites (tertiary alicyclic amines) is 1. The molecule has 1 saturated carbocycles. The molecule has 0 aromatic carbocycles. The van der Waals surface area contributed by atoms with Crippen molar-refractivity contribution in [1.82, 2.24) is 4.90 Å². The number of ether oxygens (including phenoxy) is 3. The van der Waals surface area contributed by atoms with E-state index in [9.17, 15) is 9.59 Å². The van der Waals surface area contributed by atoms with Crippen LogP contribution >= 0.6 is 0 Å². The van der Waals surface area contributed by atoms with Gasteiger partial charge in [-0.1, -0.05) is 5.57 Å². The first-order valence-corrected chi connectivity index (χ1v) is 8.72. The van der Waals surface area contributed by atoms with E-state index in [-0.39, 0.29) is 18.2 Å². The topological polar surface area (TPSA) is 65.1 Å². The number of nitrogens with zero attached hydrogens (tertiary/aromatic N) is 1. The van der Waals surface area contributed by atoms with Crippen LogP contribution < -0.4 is 0 Å². The molecule has 0 atom stereocenters. The summed E-state index contributed by atoms with van der Waals surface area (Å²) >= 11 is 0. The maximum Gasteiger partial charge on any atom is 0.410 e. The fraction of sp³-hybridized carbons (Fsp3) is 0.778. The molecule has 24 heavy (non-hydrogen) atoms. The number of allylic oxidation sites excluding steroid dienone is 1. The van der Waals surface area contributed by atoms with Crippen molar-refractivity contribution in [2.75, 3.05) is 26.3 Å². The van der Waals surface area contributed by atoms with Gasteiger partial charge in [-0.25, -0.2) is 9.59 Å². The summed E-state index contributed by atoms with van der Waals surface area (Å²) in [5, 5.41) is 0. The Morgan fingerprint density at radius 1 is 1.25 bits per heavy atom. The van der Waals surface area contributed by atoms with Crippen molar-refractivity contribution in [2.24, 2.45) is 5.92 Å². The van der Waals surface area contributed by atoms with E-state index in [0.717, 1.165) is 24.8 Å². The second kappa shape index (κ2) is 8.01. The molecule has 0 unspecified atom stereocenters. The Labute approximate surface area is 144 Å². The molecule has 1 amide bonds. The summed E-state index contributed by atoms with van der Waals surface area (Å²) in [6.07, 6.45) is 4.37. The van der Waals surface area contributed by atoms with E-state index in [0.29, 0.717) is 32.2 Å². The minimum atomic E-state index is -0.456. The van der Waals surface area contributed by atoms with Gasteiger partial charge in [0, 0.05) is 12.7 Å². The summed E-state index contributed by atoms with van der Waals surface area (Å²) in [7, 11) is 0. The summed E-state index contributed by atoms with van der Waals surface area (Å²) in [5.74, 6) is 0.353. The summed E-state index contributed by atoms with van der Waals surface area (Å²) in [6.45, 7) is 9.72. The van der Waals surface area contributed by atoms with Crippen LogP contribution in [0.1, 0.15) is 47.0 Å². The van der Waals surface area contributed by atoms with Crippen LogP contribution in [-0.4, -0.2) is 55.0 Å². The zero-order valence-electron chi connectivity index (χ0n) is 15.2. The van der Waals surface area contributed by atoms with E-state index in [2.05, 4.69) is 0 Å². The highest BCUT2D eigenvalue weighted by molar-refractivity contribution is 5.83. The maximum absolute atomic E-state index is 11.8. The second-order valence-electron chi connectivity index (χ2n) is 7.50. The van der Waals surface area contributed by atoms with Crippen molar-refractivity contribution in [3.63, 3.8) is 0 Å². The SMILES string of the molecule is CCOC(=O)C=C1CC(CCOC2CN(C(=O)OC(C)(C)C)C2)C1. The lowest BCUT2D eigenvalue weighted by atomic mass is 9.78. The average Bonchev–Trinajstić information content (AvgIpc) is 2.35. The van der Waals surface area contributed by atoms with E-state index in [1.54, 1.807) is 11.0 Å². The molecule has 0 spiro atoms. The van der Waals surface area contributed by atoms with E-state index in [1.807, 2.05) is 27.7 Å². The van der Waals surface area contributed by atoms with Gasteiger partial charge >= 0.3 is 12.1 Å². The molecule has 1 aliphatic carbocycles. The van der Waals surface area contributed by atoms with Crippen molar-refractivity contribution >= 4 is 12.1 Å². The Morgan fingerprint density at radius 3 is 2.50 bits per heavy atom. The predicted molar refractivity (Wildman–Crippen MR) is 89.6 cm³/mol. The van der Waals surface area contributed by atoms with Gasteiger partial charge in [0.25, 0.3) is 0 Å². The molecule has 6 nitrogen and oxygen atoms in total. The number of esters is 1. The van der Waals surface area contributed by atoms with Gasteiger partial charge in [-0.15, -0.1) is 0 Å². The third-order valence-corrected chi connectivity index (χ3v) is 4.09. The number of carbonyl (C=O) groups is 2. The molecule has 0 N–H and O–H groups in total. The molecule has 1 saturated heterocycles. The maximum atomic E-state index is 11.8. The molecule has 2 fully saturated rings. The molecule has 2 aliphatic rings. The van der Waals surface area contributed by atoms with Crippen molar-refractivity contribution < 1.29 is 23.8 Å². The van der Waals surface area contributed by atoms with Crippen molar-refractivity contribution in [3.05, 3.63) is 11.6 Å². The van der Waals surface area contributed by atoms with Crippen LogP contribution in [-0.2, 0) is 19.0 Å². The van der Waals surface area contributed by atoms with Crippen LogP contribution in [0.15, 0.2) is 11.6 Å². The third-order valence-electron chi connectivity index (χ3n) is 4.09. The van der Waals surface area contributed by atoms with Gasteiger partial charge in [-0.2, -0.15) is 0 Å². The molecule has 1 heterocycles. The van der Waals surface area contributed by atoms with Gasteiger partial charge in [0.05, 0.1) is 25.8 Å². The van der Waals surface area contributed by atoms with Gasteiger partial charge < -0.3 is 19.1 Å². The lowest BCUT2D eigenvalue weighted by Crippen LogP contribution is -2.56. The Balaban J connectivity index is 1.52. The summed E-state index contributed by atoms with van der Waals surface area (Å²) in [4.78, 5) is 24.8. The van der Waals surface area contributed by atoms with E-state index in [1.165, 1.54) is 0 Å². The largest absolute Gasteiger partial charge is 0.463 e. The Hall–Kier alpha value is -1.56. The normalized spacial score (nSPS) is 20.9. The quantitative estimate of drug-likeness (QED) is 0.550. The minimum Gasteiger partial charge on any atom is -0.463 e. The van der Waals surface area contributed by atoms with Gasteiger partial charge in [-0.3, -0.25) is 0 Å². The highest BCUT2D eigenvalue weighted by Crippen LogP contribution is 2.35. The molecular weight excluding hydrogens is 310 g/mol. The highest BCUT2D eigenvalue weighted by atomic mass is 16.6. The number of amides is 1. The molecule has 0 radical (unpaired) electrons. The second-order valence-corrected chi connectivity index (χ2v) is 7.50. The van der Waals surface area contributed by atoms with Crippen LogP contribution in [0.25, 0.3) is 0 Å².